The third-order valence-electron chi connectivity index (χ3n) is 7.45. The van der Waals surface area contributed by atoms with Crippen LogP contribution in [0.5, 0.6) is 0 Å². The van der Waals surface area contributed by atoms with Gasteiger partial charge in [-0.2, -0.15) is 0 Å². The number of nitrogens with zero attached hydrogens (tertiary/aromatic N) is 2. The van der Waals surface area contributed by atoms with Crippen molar-refractivity contribution < 1.29 is 0 Å². The molecule has 0 aliphatic heterocycles. The topological polar surface area (TPSA) is 23.4 Å². The normalized spacial score (nSPS) is 11.8. The van der Waals surface area contributed by atoms with Crippen molar-refractivity contribution in [3.63, 3.8) is 0 Å². The van der Waals surface area contributed by atoms with Gasteiger partial charge in [-0.25, -0.2) is 0 Å². The van der Waals surface area contributed by atoms with Gasteiger partial charge in [-0.1, -0.05) is 78.9 Å². The minimum absolute atomic E-state index is 1.13. The standard InChI is InChI=1S/C34H23N3/c1-3-11-23(12-4-1)36(24-13-5-2-6-14-24)25-19-20-30-29(21-25)34-31(35-30)22-33-28-17-8-7-15-26(28)27-16-9-10-18-32(27)37(33)34/h1-22,35H. The number of aromatic nitrogens is 2. The third-order valence-corrected chi connectivity index (χ3v) is 7.45. The molecule has 0 fully saturated rings. The molecule has 1 N–H and O–H groups in total. The second-order valence-electron chi connectivity index (χ2n) is 9.55. The number of nitrogens with one attached hydrogen (secondary N) is 1. The van der Waals surface area contributed by atoms with Crippen LogP contribution in [0.4, 0.5) is 17.1 Å². The van der Waals surface area contributed by atoms with Gasteiger partial charge in [0, 0.05) is 38.7 Å². The van der Waals surface area contributed by atoms with Crippen molar-refractivity contribution in [3.8, 4) is 0 Å². The van der Waals surface area contributed by atoms with Gasteiger partial charge in [-0.15, -0.1) is 0 Å². The van der Waals surface area contributed by atoms with E-state index in [0.717, 1.165) is 28.1 Å². The zero-order chi connectivity index (χ0) is 24.3. The predicted octanol–water partition coefficient (Wildman–Crippen LogP) is 9.35. The highest BCUT2D eigenvalue weighted by molar-refractivity contribution is 6.19. The van der Waals surface area contributed by atoms with E-state index in [1.165, 1.54) is 38.1 Å². The fourth-order valence-corrected chi connectivity index (χ4v) is 5.88. The summed E-state index contributed by atoms with van der Waals surface area (Å²) in [7, 11) is 0. The number of aromatic amines is 1. The van der Waals surface area contributed by atoms with Gasteiger partial charge < -0.3 is 14.3 Å². The molecule has 0 spiro atoms. The molecular formula is C34H23N3. The van der Waals surface area contributed by atoms with E-state index in [4.69, 9.17) is 0 Å². The summed E-state index contributed by atoms with van der Waals surface area (Å²) < 4.78 is 2.44. The van der Waals surface area contributed by atoms with E-state index < -0.39 is 0 Å². The van der Waals surface area contributed by atoms with Crippen molar-refractivity contribution >= 4 is 66.2 Å². The van der Waals surface area contributed by atoms with Gasteiger partial charge in [-0.05, 0) is 60.0 Å². The highest BCUT2D eigenvalue weighted by Gasteiger charge is 2.18. The van der Waals surface area contributed by atoms with Crippen LogP contribution < -0.4 is 4.90 Å². The van der Waals surface area contributed by atoms with Crippen molar-refractivity contribution in [2.75, 3.05) is 4.90 Å². The third kappa shape index (κ3) is 2.95. The molecule has 174 valence electrons. The molecule has 0 amide bonds. The molecule has 0 unspecified atom stereocenters. The summed E-state index contributed by atoms with van der Waals surface area (Å²) in [5.41, 5.74) is 9.36. The monoisotopic (exact) mass is 473 g/mol. The number of hydrogen-bond donors (Lipinski definition) is 1. The highest BCUT2D eigenvalue weighted by Crippen LogP contribution is 2.40. The van der Waals surface area contributed by atoms with Crippen molar-refractivity contribution in [2.24, 2.45) is 0 Å². The number of fused-ring (bicyclic) bond motifs is 10. The molecule has 37 heavy (non-hydrogen) atoms. The van der Waals surface area contributed by atoms with Crippen LogP contribution in [0.3, 0.4) is 0 Å². The first-order valence-corrected chi connectivity index (χ1v) is 12.6. The maximum atomic E-state index is 3.70. The molecule has 0 atom stereocenters. The number of benzene rings is 5. The van der Waals surface area contributed by atoms with Crippen molar-refractivity contribution in [3.05, 3.63) is 133 Å². The maximum Gasteiger partial charge on any atom is 0.0792 e. The van der Waals surface area contributed by atoms with Crippen LogP contribution in [-0.4, -0.2) is 9.38 Å². The molecule has 0 radical (unpaired) electrons. The maximum absolute atomic E-state index is 3.70. The van der Waals surface area contributed by atoms with E-state index >= 15 is 0 Å². The molecule has 3 aromatic heterocycles. The van der Waals surface area contributed by atoms with E-state index in [-0.39, 0.29) is 0 Å². The molecule has 0 saturated heterocycles. The predicted molar refractivity (Wildman–Crippen MR) is 156 cm³/mol. The van der Waals surface area contributed by atoms with Crippen LogP contribution in [0, 0.1) is 0 Å². The van der Waals surface area contributed by atoms with E-state index in [9.17, 15) is 0 Å². The Kier molecular flexibility index (Phi) is 4.23. The Labute approximate surface area is 213 Å². The Bertz CT molecular complexity index is 2010. The number of anilines is 3. The molecule has 8 aromatic rings. The average Bonchev–Trinajstić information content (AvgIpc) is 3.51. The summed E-state index contributed by atoms with van der Waals surface area (Å²) in [4.78, 5) is 6.02. The lowest BCUT2D eigenvalue weighted by Gasteiger charge is -2.25. The van der Waals surface area contributed by atoms with Crippen LogP contribution in [0.15, 0.2) is 133 Å². The fraction of sp³-hybridized carbons (Fsp3) is 0. The van der Waals surface area contributed by atoms with E-state index in [1.807, 2.05) is 0 Å². The summed E-state index contributed by atoms with van der Waals surface area (Å²) in [6.07, 6.45) is 0. The van der Waals surface area contributed by atoms with Gasteiger partial charge in [-0.3, -0.25) is 0 Å². The number of rotatable bonds is 3. The molecule has 3 heterocycles. The Morgan fingerprint density at radius 2 is 1.03 bits per heavy atom. The van der Waals surface area contributed by atoms with Gasteiger partial charge >= 0.3 is 0 Å². The molecule has 0 aliphatic rings. The second-order valence-corrected chi connectivity index (χ2v) is 9.55. The number of pyridine rings is 1. The molecular weight excluding hydrogens is 450 g/mol. The Morgan fingerprint density at radius 1 is 0.432 bits per heavy atom. The SMILES string of the molecule is c1ccc(N(c2ccccc2)c2ccc3[nH]c4cc5c6ccccc6c6ccccc6n5c4c3c2)cc1. The molecule has 3 nitrogen and oxygen atoms in total. The van der Waals surface area contributed by atoms with Crippen molar-refractivity contribution in [2.45, 2.75) is 0 Å². The lowest BCUT2D eigenvalue weighted by Crippen LogP contribution is -2.09. The molecule has 8 rings (SSSR count). The molecule has 0 aliphatic carbocycles. The average molecular weight is 474 g/mol. The van der Waals surface area contributed by atoms with Crippen LogP contribution in [0.2, 0.25) is 0 Å². The summed E-state index contributed by atoms with van der Waals surface area (Å²) >= 11 is 0. The van der Waals surface area contributed by atoms with E-state index in [2.05, 4.69) is 148 Å². The van der Waals surface area contributed by atoms with Crippen molar-refractivity contribution in [1.29, 1.82) is 0 Å². The van der Waals surface area contributed by atoms with Gasteiger partial charge in [0.15, 0.2) is 0 Å². The largest absolute Gasteiger partial charge is 0.353 e. The van der Waals surface area contributed by atoms with Crippen LogP contribution in [0.1, 0.15) is 0 Å². The summed E-state index contributed by atoms with van der Waals surface area (Å²) in [6, 6.07) is 47.6. The van der Waals surface area contributed by atoms with E-state index in [0.29, 0.717) is 0 Å². The summed E-state index contributed by atoms with van der Waals surface area (Å²) in [5, 5.41) is 5.04. The van der Waals surface area contributed by atoms with Gasteiger partial charge in [0.1, 0.15) is 0 Å². The van der Waals surface area contributed by atoms with Crippen molar-refractivity contribution in [1.82, 2.24) is 9.38 Å². The molecule has 3 heteroatoms. The van der Waals surface area contributed by atoms with Crippen LogP contribution in [0.25, 0.3) is 49.1 Å². The number of H-pyrrole nitrogens is 1. The Hall–Kier alpha value is -5.02. The number of para-hydroxylation sites is 3. The van der Waals surface area contributed by atoms with Crippen LogP contribution in [-0.2, 0) is 0 Å². The molecule has 0 bridgehead atoms. The van der Waals surface area contributed by atoms with Gasteiger partial charge in [0.05, 0.1) is 22.1 Å². The minimum atomic E-state index is 1.13. The summed E-state index contributed by atoms with van der Waals surface area (Å²) in [6.45, 7) is 0. The Morgan fingerprint density at radius 3 is 1.73 bits per heavy atom. The van der Waals surface area contributed by atoms with Crippen LogP contribution >= 0.6 is 0 Å². The lowest BCUT2D eigenvalue weighted by atomic mass is 10.1. The quantitative estimate of drug-likeness (QED) is 0.254. The fourth-order valence-electron chi connectivity index (χ4n) is 5.88. The second kappa shape index (κ2) is 7.74. The minimum Gasteiger partial charge on any atom is -0.353 e. The Balaban J connectivity index is 1.48. The lowest BCUT2D eigenvalue weighted by molar-refractivity contribution is 1.29. The van der Waals surface area contributed by atoms with E-state index in [1.54, 1.807) is 0 Å². The van der Waals surface area contributed by atoms with Gasteiger partial charge in [0.2, 0.25) is 0 Å². The first-order valence-electron chi connectivity index (χ1n) is 12.6. The first-order chi connectivity index (χ1) is 18.4. The zero-order valence-electron chi connectivity index (χ0n) is 20.1. The number of hydrogen-bond acceptors (Lipinski definition) is 1. The molecule has 0 saturated carbocycles. The van der Waals surface area contributed by atoms with Gasteiger partial charge in [0.25, 0.3) is 0 Å². The highest BCUT2D eigenvalue weighted by atomic mass is 15.1. The smallest absolute Gasteiger partial charge is 0.0792 e. The first kappa shape index (κ1) is 20.2. The zero-order valence-corrected chi connectivity index (χ0v) is 20.1. The summed E-state index contributed by atoms with van der Waals surface area (Å²) in [5.74, 6) is 0. The molecule has 5 aromatic carbocycles.